The minimum atomic E-state index is -0.414. The molecule has 3 heteroatoms. The van der Waals surface area contributed by atoms with E-state index in [-0.39, 0.29) is 12.7 Å². The van der Waals surface area contributed by atoms with Crippen LogP contribution in [-0.2, 0) is 9.53 Å². The smallest absolute Gasteiger partial charge is 0.330 e. The van der Waals surface area contributed by atoms with Gasteiger partial charge in [0.25, 0.3) is 0 Å². The Bertz CT molecular complexity index is 346. The third kappa shape index (κ3) is 5.20. The minimum absolute atomic E-state index is 0.105. The summed E-state index contributed by atoms with van der Waals surface area (Å²) in [4.78, 5) is 11.0. The van der Waals surface area contributed by atoms with Crippen molar-refractivity contribution in [2.75, 3.05) is 6.61 Å². The predicted octanol–water partition coefficient (Wildman–Crippen LogP) is 2.96. The topological polar surface area (TPSA) is 35.5 Å². The first-order valence-electron chi connectivity index (χ1n) is 5.77. The summed E-state index contributed by atoms with van der Waals surface area (Å²) in [5.41, 5.74) is 0. The first-order valence-corrected chi connectivity index (χ1v) is 5.77. The molecule has 3 nitrogen and oxygen atoms in total. The molecule has 0 heterocycles. The summed E-state index contributed by atoms with van der Waals surface area (Å²) in [5.74, 6) is 0.378. The van der Waals surface area contributed by atoms with Gasteiger partial charge in [0.15, 0.2) is 0 Å². The van der Waals surface area contributed by atoms with Crippen molar-refractivity contribution in [2.24, 2.45) is 0 Å². The molecule has 0 fully saturated rings. The Balaban J connectivity index is 2.48. The molecule has 0 aromatic heterocycles. The van der Waals surface area contributed by atoms with Crippen LogP contribution in [0.1, 0.15) is 19.8 Å². The molecule has 1 atom stereocenters. The second kappa shape index (κ2) is 7.49. The van der Waals surface area contributed by atoms with E-state index in [1.54, 1.807) is 0 Å². The summed E-state index contributed by atoms with van der Waals surface area (Å²) in [6.07, 6.45) is 2.87. The Labute approximate surface area is 102 Å². The van der Waals surface area contributed by atoms with Gasteiger partial charge in [-0.2, -0.15) is 0 Å². The number of esters is 1. The fraction of sp³-hybridized carbons (Fsp3) is 0.357. The maximum atomic E-state index is 11.0. The van der Waals surface area contributed by atoms with Gasteiger partial charge in [-0.3, -0.25) is 0 Å². The van der Waals surface area contributed by atoms with Crippen LogP contribution in [0.4, 0.5) is 0 Å². The van der Waals surface area contributed by atoms with Crippen molar-refractivity contribution in [3.8, 4) is 5.75 Å². The fourth-order valence-corrected chi connectivity index (χ4v) is 1.42. The summed E-state index contributed by atoms with van der Waals surface area (Å²) in [6.45, 7) is 5.68. The van der Waals surface area contributed by atoms with Gasteiger partial charge in [0, 0.05) is 6.08 Å². The van der Waals surface area contributed by atoms with Crippen molar-refractivity contribution in [3.05, 3.63) is 43.0 Å². The number of benzene rings is 1. The number of hydrogen-bond donors (Lipinski definition) is 0. The minimum Gasteiger partial charge on any atom is -0.487 e. The molecule has 0 aliphatic heterocycles. The van der Waals surface area contributed by atoms with E-state index >= 15 is 0 Å². The number of rotatable bonds is 7. The summed E-state index contributed by atoms with van der Waals surface area (Å²) in [5, 5.41) is 0. The summed E-state index contributed by atoms with van der Waals surface area (Å²) in [6, 6.07) is 9.53. The zero-order valence-electron chi connectivity index (χ0n) is 10.1. The van der Waals surface area contributed by atoms with E-state index < -0.39 is 5.97 Å². The molecule has 1 unspecified atom stereocenters. The van der Waals surface area contributed by atoms with Gasteiger partial charge in [-0.1, -0.05) is 38.1 Å². The molecular weight excluding hydrogens is 216 g/mol. The molecule has 0 radical (unpaired) electrons. The number of carbonyl (C=O) groups is 1. The third-order valence-corrected chi connectivity index (χ3v) is 2.23. The zero-order chi connectivity index (χ0) is 12.5. The van der Waals surface area contributed by atoms with E-state index in [1.807, 2.05) is 30.3 Å². The molecule has 0 amide bonds. The van der Waals surface area contributed by atoms with Gasteiger partial charge in [-0.05, 0) is 18.6 Å². The van der Waals surface area contributed by atoms with Crippen molar-refractivity contribution in [2.45, 2.75) is 25.9 Å². The van der Waals surface area contributed by atoms with Gasteiger partial charge >= 0.3 is 5.97 Å². The standard InChI is InChI=1S/C14H18O3/c1-3-8-13(11-16-14(15)4-2)17-12-9-6-5-7-10-12/h4-7,9-10,13H,2-3,8,11H2,1H3. The number of hydrogen-bond acceptors (Lipinski definition) is 3. The van der Waals surface area contributed by atoms with E-state index in [2.05, 4.69) is 13.5 Å². The van der Waals surface area contributed by atoms with E-state index in [4.69, 9.17) is 9.47 Å². The van der Waals surface area contributed by atoms with Gasteiger partial charge in [0.1, 0.15) is 18.5 Å². The van der Waals surface area contributed by atoms with Crippen molar-refractivity contribution < 1.29 is 14.3 Å². The zero-order valence-corrected chi connectivity index (χ0v) is 10.1. The lowest BCUT2D eigenvalue weighted by molar-refractivity contribution is -0.140. The quantitative estimate of drug-likeness (QED) is 0.537. The Kier molecular flexibility index (Phi) is 5.86. The average molecular weight is 234 g/mol. The first kappa shape index (κ1) is 13.3. The van der Waals surface area contributed by atoms with Crippen LogP contribution in [-0.4, -0.2) is 18.7 Å². The number of para-hydroxylation sites is 1. The molecule has 1 aromatic carbocycles. The fourth-order valence-electron chi connectivity index (χ4n) is 1.42. The van der Waals surface area contributed by atoms with Gasteiger partial charge in [0.05, 0.1) is 0 Å². The SMILES string of the molecule is C=CC(=O)OCC(CCC)Oc1ccccc1. The normalized spacial score (nSPS) is 11.6. The molecule has 17 heavy (non-hydrogen) atoms. The van der Waals surface area contributed by atoms with Crippen LogP contribution in [0.5, 0.6) is 5.75 Å². The van der Waals surface area contributed by atoms with Crippen molar-refractivity contribution in [1.29, 1.82) is 0 Å². The van der Waals surface area contributed by atoms with Crippen LogP contribution >= 0.6 is 0 Å². The second-order valence-corrected chi connectivity index (χ2v) is 3.68. The highest BCUT2D eigenvalue weighted by atomic mass is 16.6. The predicted molar refractivity (Wildman–Crippen MR) is 66.9 cm³/mol. The monoisotopic (exact) mass is 234 g/mol. The van der Waals surface area contributed by atoms with Crippen LogP contribution in [0.2, 0.25) is 0 Å². The third-order valence-electron chi connectivity index (χ3n) is 2.23. The van der Waals surface area contributed by atoms with Crippen LogP contribution in [0.15, 0.2) is 43.0 Å². The lowest BCUT2D eigenvalue weighted by atomic mass is 10.2. The Morgan fingerprint density at radius 3 is 2.71 bits per heavy atom. The highest BCUT2D eigenvalue weighted by Crippen LogP contribution is 2.13. The van der Waals surface area contributed by atoms with Crippen LogP contribution < -0.4 is 4.74 Å². The molecule has 0 N–H and O–H groups in total. The average Bonchev–Trinajstić information content (AvgIpc) is 2.37. The molecule has 0 aliphatic carbocycles. The molecule has 0 aliphatic rings. The molecule has 1 aromatic rings. The van der Waals surface area contributed by atoms with E-state index in [0.29, 0.717) is 0 Å². The van der Waals surface area contributed by atoms with Crippen molar-refractivity contribution in [3.63, 3.8) is 0 Å². The van der Waals surface area contributed by atoms with E-state index in [1.165, 1.54) is 0 Å². The lowest BCUT2D eigenvalue weighted by Crippen LogP contribution is -2.24. The highest BCUT2D eigenvalue weighted by Gasteiger charge is 2.11. The molecule has 0 bridgehead atoms. The Hall–Kier alpha value is -1.77. The van der Waals surface area contributed by atoms with Crippen molar-refractivity contribution in [1.82, 2.24) is 0 Å². The Morgan fingerprint density at radius 1 is 1.41 bits per heavy atom. The molecule has 0 saturated carbocycles. The van der Waals surface area contributed by atoms with Crippen LogP contribution in [0.25, 0.3) is 0 Å². The van der Waals surface area contributed by atoms with Crippen molar-refractivity contribution >= 4 is 5.97 Å². The van der Waals surface area contributed by atoms with Gasteiger partial charge < -0.3 is 9.47 Å². The van der Waals surface area contributed by atoms with E-state index in [0.717, 1.165) is 24.7 Å². The molecule has 0 saturated heterocycles. The summed E-state index contributed by atoms with van der Waals surface area (Å²) >= 11 is 0. The summed E-state index contributed by atoms with van der Waals surface area (Å²) < 4.78 is 10.7. The summed E-state index contributed by atoms with van der Waals surface area (Å²) in [7, 11) is 0. The molecule has 1 rings (SSSR count). The Morgan fingerprint density at radius 2 is 2.12 bits per heavy atom. The maximum absolute atomic E-state index is 11.0. The van der Waals surface area contributed by atoms with E-state index in [9.17, 15) is 4.79 Å². The molecule has 0 spiro atoms. The second-order valence-electron chi connectivity index (χ2n) is 3.68. The highest BCUT2D eigenvalue weighted by molar-refractivity contribution is 5.81. The maximum Gasteiger partial charge on any atom is 0.330 e. The number of carbonyl (C=O) groups excluding carboxylic acids is 1. The van der Waals surface area contributed by atoms with Gasteiger partial charge in [-0.25, -0.2) is 4.79 Å². The van der Waals surface area contributed by atoms with Crippen LogP contribution in [0.3, 0.4) is 0 Å². The first-order chi connectivity index (χ1) is 8.26. The van der Waals surface area contributed by atoms with Gasteiger partial charge in [0.2, 0.25) is 0 Å². The molecule has 92 valence electrons. The largest absolute Gasteiger partial charge is 0.487 e. The number of ether oxygens (including phenoxy) is 2. The van der Waals surface area contributed by atoms with Gasteiger partial charge in [-0.15, -0.1) is 0 Å². The van der Waals surface area contributed by atoms with Crippen LogP contribution in [0, 0.1) is 0 Å². The molecular formula is C14H18O3. The lowest BCUT2D eigenvalue weighted by Gasteiger charge is -2.18.